The summed E-state index contributed by atoms with van der Waals surface area (Å²) in [7, 11) is 0. The van der Waals surface area contributed by atoms with Gasteiger partial charge in [0.15, 0.2) is 0 Å². The molecule has 1 N–H and O–H groups in total. The van der Waals surface area contributed by atoms with Gasteiger partial charge in [0.1, 0.15) is 5.82 Å². The molecular weight excluding hydrogens is 225 g/mol. The minimum atomic E-state index is -0.146. The summed E-state index contributed by atoms with van der Waals surface area (Å²) in [5.41, 5.74) is 1.30. The topological polar surface area (TPSA) is 12.0 Å². The van der Waals surface area contributed by atoms with E-state index in [-0.39, 0.29) is 11.4 Å². The van der Waals surface area contributed by atoms with E-state index in [2.05, 4.69) is 19.2 Å². The molecular formula is C16H24FN. The zero-order valence-electron chi connectivity index (χ0n) is 11.5. The van der Waals surface area contributed by atoms with Crippen LogP contribution >= 0.6 is 0 Å². The molecule has 1 aromatic carbocycles. The van der Waals surface area contributed by atoms with Crippen LogP contribution in [-0.2, 0) is 5.54 Å². The zero-order valence-corrected chi connectivity index (χ0v) is 11.5. The van der Waals surface area contributed by atoms with Gasteiger partial charge >= 0.3 is 0 Å². The van der Waals surface area contributed by atoms with Gasteiger partial charge in [0, 0.05) is 5.54 Å². The quantitative estimate of drug-likeness (QED) is 0.845. The molecule has 1 aliphatic heterocycles. The third kappa shape index (κ3) is 3.11. The first-order valence-corrected chi connectivity index (χ1v) is 7.13. The average Bonchev–Trinajstić information content (AvgIpc) is 2.55. The van der Waals surface area contributed by atoms with Crippen molar-refractivity contribution >= 4 is 0 Å². The van der Waals surface area contributed by atoms with Gasteiger partial charge in [-0.3, -0.25) is 0 Å². The molecule has 0 radical (unpaired) electrons. The lowest BCUT2D eigenvalue weighted by Crippen LogP contribution is -2.42. The summed E-state index contributed by atoms with van der Waals surface area (Å²) >= 11 is 0. The number of halogens is 1. The maximum Gasteiger partial charge on any atom is 0.123 e. The van der Waals surface area contributed by atoms with E-state index in [1.54, 1.807) is 12.1 Å². The Bertz CT molecular complexity index is 361. The van der Waals surface area contributed by atoms with Gasteiger partial charge in [0.05, 0.1) is 0 Å². The van der Waals surface area contributed by atoms with Crippen LogP contribution in [-0.4, -0.2) is 6.54 Å². The van der Waals surface area contributed by atoms with Gasteiger partial charge in [-0.05, 0) is 49.4 Å². The molecule has 2 rings (SSSR count). The Morgan fingerprint density at radius 3 is 2.56 bits per heavy atom. The van der Waals surface area contributed by atoms with Crippen LogP contribution in [0.1, 0.15) is 51.5 Å². The van der Waals surface area contributed by atoms with Gasteiger partial charge in [-0.15, -0.1) is 0 Å². The SMILES string of the molecule is CC(C)CC1(c2ccc(F)cc2)CCCCCN1. The summed E-state index contributed by atoms with van der Waals surface area (Å²) in [5.74, 6) is 0.493. The lowest BCUT2D eigenvalue weighted by molar-refractivity contribution is 0.263. The fourth-order valence-corrected chi connectivity index (χ4v) is 3.15. The Labute approximate surface area is 110 Å². The molecule has 0 saturated carbocycles. The molecule has 1 unspecified atom stereocenters. The molecule has 18 heavy (non-hydrogen) atoms. The Hall–Kier alpha value is -0.890. The predicted molar refractivity (Wildman–Crippen MR) is 74.0 cm³/mol. The van der Waals surface area contributed by atoms with Crippen molar-refractivity contribution in [2.75, 3.05) is 6.54 Å². The maximum atomic E-state index is 13.1. The minimum absolute atomic E-state index is 0.0539. The first-order valence-electron chi connectivity index (χ1n) is 7.13. The van der Waals surface area contributed by atoms with E-state index in [1.807, 2.05) is 12.1 Å². The summed E-state index contributed by atoms with van der Waals surface area (Å²) in [6.07, 6.45) is 6.10. The number of benzene rings is 1. The van der Waals surface area contributed by atoms with Crippen LogP contribution in [0.2, 0.25) is 0 Å². The average molecular weight is 249 g/mol. The van der Waals surface area contributed by atoms with E-state index < -0.39 is 0 Å². The van der Waals surface area contributed by atoms with E-state index in [9.17, 15) is 4.39 Å². The first kappa shape index (κ1) is 13.5. The highest BCUT2D eigenvalue weighted by molar-refractivity contribution is 5.25. The third-order valence-corrected chi connectivity index (χ3v) is 3.90. The Morgan fingerprint density at radius 1 is 1.17 bits per heavy atom. The van der Waals surface area contributed by atoms with E-state index >= 15 is 0 Å². The van der Waals surface area contributed by atoms with E-state index in [0.29, 0.717) is 5.92 Å². The fourth-order valence-electron chi connectivity index (χ4n) is 3.15. The number of hydrogen-bond acceptors (Lipinski definition) is 1. The van der Waals surface area contributed by atoms with Gasteiger partial charge < -0.3 is 5.32 Å². The van der Waals surface area contributed by atoms with Crippen molar-refractivity contribution in [2.45, 2.75) is 51.5 Å². The number of hydrogen-bond donors (Lipinski definition) is 1. The monoisotopic (exact) mass is 249 g/mol. The van der Waals surface area contributed by atoms with Crippen LogP contribution in [0, 0.1) is 11.7 Å². The van der Waals surface area contributed by atoms with Crippen molar-refractivity contribution in [3.05, 3.63) is 35.6 Å². The lowest BCUT2D eigenvalue weighted by Gasteiger charge is -2.36. The lowest BCUT2D eigenvalue weighted by atomic mass is 9.79. The Balaban J connectivity index is 2.30. The van der Waals surface area contributed by atoms with Crippen molar-refractivity contribution in [1.29, 1.82) is 0 Å². The van der Waals surface area contributed by atoms with Crippen LogP contribution in [0.4, 0.5) is 4.39 Å². The van der Waals surface area contributed by atoms with Gasteiger partial charge in [0.2, 0.25) is 0 Å². The smallest absolute Gasteiger partial charge is 0.123 e. The van der Waals surface area contributed by atoms with Gasteiger partial charge in [-0.2, -0.15) is 0 Å². The highest BCUT2D eigenvalue weighted by atomic mass is 19.1. The highest BCUT2D eigenvalue weighted by Gasteiger charge is 2.33. The maximum absolute atomic E-state index is 13.1. The third-order valence-electron chi connectivity index (χ3n) is 3.90. The molecule has 100 valence electrons. The van der Waals surface area contributed by atoms with E-state index in [4.69, 9.17) is 0 Å². The molecule has 0 aromatic heterocycles. The first-order chi connectivity index (χ1) is 8.62. The molecule has 1 aromatic rings. The highest BCUT2D eigenvalue weighted by Crippen LogP contribution is 2.35. The van der Waals surface area contributed by atoms with Gasteiger partial charge in [-0.25, -0.2) is 4.39 Å². The molecule has 1 saturated heterocycles. The summed E-state index contributed by atoms with van der Waals surface area (Å²) in [6.45, 7) is 5.60. The summed E-state index contributed by atoms with van der Waals surface area (Å²) in [4.78, 5) is 0. The summed E-state index contributed by atoms with van der Waals surface area (Å²) < 4.78 is 13.1. The van der Waals surface area contributed by atoms with Crippen molar-refractivity contribution in [1.82, 2.24) is 5.32 Å². The Kier molecular flexibility index (Phi) is 4.39. The van der Waals surface area contributed by atoms with E-state index in [1.165, 1.54) is 24.8 Å². The molecule has 0 spiro atoms. The van der Waals surface area contributed by atoms with Crippen LogP contribution in [0.15, 0.2) is 24.3 Å². The van der Waals surface area contributed by atoms with Crippen molar-refractivity contribution in [2.24, 2.45) is 5.92 Å². The second-order valence-electron chi connectivity index (χ2n) is 5.92. The largest absolute Gasteiger partial charge is 0.307 e. The molecule has 0 bridgehead atoms. The van der Waals surface area contributed by atoms with Crippen molar-refractivity contribution in [3.8, 4) is 0 Å². The molecule has 2 heteroatoms. The van der Waals surface area contributed by atoms with Crippen LogP contribution < -0.4 is 5.32 Å². The molecule has 1 aliphatic rings. The minimum Gasteiger partial charge on any atom is -0.307 e. The normalized spacial score (nSPS) is 25.1. The zero-order chi connectivity index (χ0) is 13.0. The Morgan fingerprint density at radius 2 is 1.89 bits per heavy atom. The fraction of sp³-hybridized carbons (Fsp3) is 0.625. The van der Waals surface area contributed by atoms with Crippen LogP contribution in [0.25, 0.3) is 0 Å². The second-order valence-corrected chi connectivity index (χ2v) is 5.92. The standard InChI is InChI=1S/C16H24FN/c1-13(2)12-16(10-4-3-5-11-18-16)14-6-8-15(17)9-7-14/h6-9,13,18H,3-5,10-12H2,1-2H3. The molecule has 1 atom stereocenters. The number of nitrogens with one attached hydrogen (secondary N) is 1. The second kappa shape index (κ2) is 5.83. The van der Waals surface area contributed by atoms with Crippen LogP contribution in [0.3, 0.4) is 0 Å². The molecule has 1 nitrogen and oxygen atoms in total. The molecule has 0 aliphatic carbocycles. The molecule has 1 heterocycles. The summed E-state index contributed by atoms with van der Waals surface area (Å²) in [6, 6.07) is 7.08. The molecule has 0 amide bonds. The van der Waals surface area contributed by atoms with Crippen molar-refractivity contribution in [3.63, 3.8) is 0 Å². The van der Waals surface area contributed by atoms with Gasteiger partial charge in [-0.1, -0.05) is 38.8 Å². The molecule has 1 fully saturated rings. The van der Waals surface area contributed by atoms with Gasteiger partial charge in [0.25, 0.3) is 0 Å². The number of rotatable bonds is 3. The summed E-state index contributed by atoms with van der Waals surface area (Å²) in [5, 5.41) is 3.74. The van der Waals surface area contributed by atoms with Crippen molar-refractivity contribution < 1.29 is 4.39 Å². The predicted octanol–water partition coefficient (Wildman–Crippen LogP) is 4.23. The van der Waals surface area contributed by atoms with Crippen LogP contribution in [0.5, 0.6) is 0 Å². The van der Waals surface area contributed by atoms with E-state index in [0.717, 1.165) is 19.4 Å².